The third-order valence-electron chi connectivity index (χ3n) is 8.79. The van der Waals surface area contributed by atoms with Crippen molar-refractivity contribution in [2.45, 2.75) is 205 Å². The van der Waals surface area contributed by atoms with Crippen molar-refractivity contribution in [2.75, 3.05) is 13.2 Å². The average Bonchev–Trinajstić information content (AvgIpc) is 3.06. The second kappa shape index (κ2) is 33.4. The standard InChI is InChI=1S/C38H73NO7/c1-3-5-7-9-11-13-15-17-18-19-20-22-24-26-28-30-34(41)46-32-33(40)35(42)36(43)37(44)38(45)39-31-29-27-25-23-21-16-14-12-10-8-6-4-2/h28,30,33,35-37,40,42-44H,3-27,29,31-32H2,1-2H3,(H,39,45). The second-order valence-electron chi connectivity index (χ2n) is 13.2. The van der Waals surface area contributed by atoms with Crippen LogP contribution >= 0.6 is 0 Å². The number of unbranched alkanes of at least 4 members (excludes halogenated alkanes) is 24. The van der Waals surface area contributed by atoms with Gasteiger partial charge in [-0.1, -0.05) is 168 Å². The number of aliphatic hydroxyl groups excluding tert-OH is 4. The Kier molecular flexibility index (Phi) is 32.3. The van der Waals surface area contributed by atoms with Gasteiger partial charge in [0.05, 0.1) is 0 Å². The summed E-state index contributed by atoms with van der Waals surface area (Å²) < 4.78 is 4.96. The van der Waals surface area contributed by atoms with Crippen molar-refractivity contribution in [3.63, 3.8) is 0 Å². The molecule has 8 heteroatoms. The first kappa shape index (κ1) is 44.5. The molecule has 0 spiro atoms. The Morgan fingerprint density at radius 2 is 0.957 bits per heavy atom. The van der Waals surface area contributed by atoms with Gasteiger partial charge in [0.1, 0.15) is 24.9 Å². The van der Waals surface area contributed by atoms with E-state index in [1.54, 1.807) is 6.08 Å². The van der Waals surface area contributed by atoms with E-state index in [0.29, 0.717) is 6.54 Å². The highest BCUT2D eigenvalue weighted by Crippen LogP contribution is 2.14. The molecule has 272 valence electrons. The molecule has 0 fully saturated rings. The van der Waals surface area contributed by atoms with Crippen LogP contribution in [0, 0.1) is 0 Å². The van der Waals surface area contributed by atoms with Gasteiger partial charge in [0.2, 0.25) is 0 Å². The van der Waals surface area contributed by atoms with E-state index < -0.39 is 42.9 Å². The molecule has 0 heterocycles. The predicted molar refractivity (Wildman–Crippen MR) is 189 cm³/mol. The van der Waals surface area contributed by atoms with Crippen molar-refractivity contribution < 1.29 is 34.8 Å². The molecule has 0 aliphatic heterocycles. The lowest BCUT2D eigenvalue weighted by atomic mass is 10.0. The van der Waals surface area contributed by atoms with Gasteiger partial charge in [0, 0.05) is 12.6 Å². The zero-order valence-electron chi connectivity index (χ0n) is 29.8. The van der Waals surface area contributed by atoms with Gasteiger partial charge in [0.25, 0.3) is 5.91 Å². The van der Waals surface area contributed by atoms with E-state index in [2.05, 4.69) is 19.2 Å². The number of ether oxygens (including phenoxy) is 1. The van der Waals surface area contributed by atoms with Crippen LogP contribution in [-0.2, 0) is 14.3 Å². The molecule has 1 amide bonds. The normalized spacial score (nSPS) is 14.3. The predicted octanol–water partition coefficient (Wildman–Crippen LogP) is 7.83. The molecule has 0 saturated heterocycles. The molecule has 5 N–H and O–H groups in total. The Morgan fingerprint density at radius 1 is 0.565 bits per heavy atom. The molecular weight excluding hydrogens is 582 g/mol. The maximum Gasteiger partial charge on any atom is 0.330 e. The SMILES string of the molecule is CCCCCCCCCCCCCCCC=CC(=O)OCC(O)C(O)C(O)C(O)C(=O)NCCCCCCCCCCCCCC. The number of aliphatic hydroxyl groups is 4. The fourth-order valence-electron chi connectivity index (χ4n) is 5.63. The lowest BCUT2D eigenvalue weighted by Crippen LogP contribution is -2.52. The summed E-state index contributed by atoms with van der Waals surface area (Å²) in [6.07, 6.45) is 27.6. The zero-order valence-corrected chi connectivity index (χ0v) is 29.8. The van der Waals surface area contributed by atoms with Crippen molar-refractivity contribution >= 4 is 11.9 Å². The van der Waals surface area contributed by atoms with Crippen LogP contribution in [-0.4, -0.2) is 69.9 Å². The van der Waals surface area contributed by atoms with Crippen molar-refractivity contribution in [3.05, 3.63) is 12.2 Å². The molecule has 0 rings (SSSR count). The summed E-state index contributed by atoms with van der Waals surface area (Å²) in [5.41, 5.74) is 0. The molecule has 0 aliphatic carbocycles. The molecular formula is C38H73NO7. The molecule has 0 aromatic carbocycles. The first-order chi connectivity index (χ1) is 22.3. The largest absolute Gasteiger partial charge is 0.460 e. The van der Waals surface area contributed by atoms with Crippen LogP contribution in [0.5, 0.6) is 0 Å². The van der Waals surface area contributed by atoms with Crippen LogP contribution in [0.1, 0.15) is 181 Å². The lowest BCUT2D eigenvalue weighted by Gasteiger charge is -2.25. The Hall–Kier alpha value is -1.48. The molecule has 0 radical (unpaired) electrons. The Balaban J connectivity index is 3.82. The average molecular weight is 656 g/mol. The third-order valence-corrected chi connectivity index (χ3v) is 8.79. The van der Waals surface area contributed by atoms with Gasteiger partial charge in [-0.3, -0.25) is 4.79 Å². The number of allylic oxidation sites excluding steroid dienone is 1. The topological polar surface area (TPSA) is 136 Å². The Labute approximate surface area is 282 Å². The number of rotatable bonds is 34. The van der Waals surface area contributed by atoms with Gasteiger partial charge < -0.3 is 30.5 Å². The maximum absolute atomic E-state index is 12.2. The Bertz CT molecular complexity index is 717. The Morgan fingerprint density at radius 3 is 1.39 bits per heavy atom. The minimum absolute atomic E-state index is 0.363. The van der Waals surface area contributed by atoms with E-state index >= 15 is 0 Å². The van der Waals surface area contributed by atoms with E-state index in [-0.39, 0.29) is 0 Å². The van der Waals surface area contributed by atoms with Crippen LogP contribution in [0.3, 0.4) is 0 Å². The number of amides is 1. The molecule has 4 atom stereocenters. The van der Waals surface area contributed by atoms with Gasteiger partial charge in [-0.05, 0) is 19.3 Å². The fraction of sp³-hybridized carbons (Fsp3) is 0.895. The van der Waals surface area contributed by atoms with E-state index in [1.807, 2.05) is 0 Å². The molecule has 4 unspecified atom stereocenters. The van der Waals surface area contributed by atoms with Gasteiger partial charge in [-0.2, -0.15) is 0 Å². The molecule has 46 heavy (non-hydrogen) atoms. The summed E-state index contributed by atoms with van der Waals surface area (Å²) in [7, 11) is 0. The summed E-state index contributed by atoms with van der Waals surface area (Å²) >= 11 is 0. The lowest BCUT2D eigenvalue weighted by molar-refractivity contribution is -0.156. The quantitative estimate of drug-likeness (QED) is 0.0271. The first-order valence-corrected chi connectivity index (χ1v) is 19.2. The molecule has 0 aliphatic rings. The van der Waals surface area contributed by atoms with Gasteiger partial charge in [-0.25, -0.2) is 4.79 Å². The molecule has 0 aromatic heterocycles. The highest BCUT2D eigenvalue weighted by Gasteiger charge is 2.34. The number of carbonyl (C=O) groups excluding carboxylic acids is 2. The smallest absolute Gasteiger partial charge is 0.330 e. The molecule has 8 nitrogen and oxygen atoms in total. The van der Waals surface area contributed by atoms with Gasteiger partial charge in [-0.15, -0.1) is 0 Å². The van der Waals surface area contributed by atoms with E-state index in [1.165, 1.54) is 134 Å². The van der Waals surface area contributed by atoms with E-state index in [4.69, 9.17) is 4.74 Å². The minimum Gasteiger partial charge on any atom is -0.460 e. The van der Waals surface area contributed by atoms with E-state index in [9.17, 15) is 30.0 Å². The molecule has 0 bridgehead atoms. The second-order valence-corrected chi connectivity index (χ2v) is 13.2. The summed E-state index contributed by atoms with van der Waals surface area (Å²) in [4.78, 5) is 24.1. The van der Waals surface area contributed by atoms with Crippen LogP contribution in [0.2, 0.25) is 0 Å². The summed E-state index contributed by atoms with van der Waals surface area (Å²) in [6, 6.07) is 0. The third kappa shape index (κ3) is 27.6. The van der Waals surface area contributed by atoms with Crippen molar-refractivity contribution in [2.24, 2.45) is 0 Å². The first-order valence-electron chi connectivity index (χ1n) is 19.2. The zero-order chi connectivity index (χ0) is 34.1. The number of nitrogens with one attached hydrogen (secondary N) is 1. The van der Waals surface area contributed by atoms with Crippen LogP contribution in [0.15, 0.2) is 12.2 Å². The van der Waals surface area contributed by atoms with E-state index in [0.717, 1.165) is 38.5 Å². The maximum atomic E-state index is 12.2. The van der Waals surface area contributed by atoms with Crippen LogP contribution in [0.4, 0.5) is 0 Å². The summed E-state index contributed by atoms with van der Waals surface area (Å²) in [5, 5.41) is 43.2. The summed E-state index contributed by atoms with van der Waals surface area (Å²) in [5.74, 6) is -1.47. The monoisotopic (exact) mass is 656 g/mol. The van der Waals surface area contributed by atoms with Gasteiger partial charge in [0.15, 0.2) is 6.10 Å². The van der Waals surface area contributed by atoms with Crippen molar-refractivity contribution in [1.82, 2.24) is 5.32 Å². The number of hydrogen-bond donors (Lipinski definition) is 5. The fourth-order valence-corrected chi connectivity index (χ4v) is 5.63. The van der Waals surface area contributed by atoms with Crippen molar-refractivity contribution in [3.8, 4) is 0 Å². The highest BCUT2D eigenvalue weighted by molar-refractivity contribution is 5.82. The minimum atomic E-state index is -1.92. The highest BCUT2D eigenvalue weighted by atomic mass is 16.5. The number of carbonyl (C=O) groups is 2. The van der Waals surface area contributed by atoms with Crippen molar-refractivity contribution in [1.29, 1.82) is 0 Å². The number of esters is 1. The molecule has 0 saturated carbocycles. The summed E-state index contributed by atoms with van der Waals surface area (Å²) in [6.45, 7) is 4.28. The molecule has 0 aromatic rings. The van der Waals surface area contributed by atoms with Crippen LogP contribution < -0.4 is 5.32 Å². The number of hydrogen-bond acceptors (Lipinski definition) is 7. The van der Waals surface area contributed by atoms with Gasteiger partial charge >= 0.3 is 5.97 Å². The van der Waals surface area contributed by atoms with Crippen LogP contribution in [0.25, 0.3) is 0 Å².